The highest BCUT2D eigenvalue weighted by Gasteiger charge is 2.28. The van der Waals surface area contributed by atoms with E-state index >= 15 is 0 Å². The van der Waals surface area contributed by atoms with Crippen molar-refractivity contribution in [3.8, 4) is 11.1 Å². The molecule has 162 valence electrons. The van der Waals surface area contributed by atoms with Gasteiger partial charge in [-0.3, -0.25) is 0 Å². The number of hydrogen-bond donors (Lipinski definition) is 0. The summed E-state index contributed by atoms with van der Waals surface area (Å²) in [7, 11) is 0. The third-order valence-electron chi connectivity index (χ3n) is 7.97. The fourth-order valence-corrected chi connectivity index (χ4v) is 6.02. The van der Waals surface area contributed by atoms with Crippen LogP contribution in [0.25, 0.3) is 21.9 Å². The highest BCUT2D eigenvalue weighted by Crippen LogP contribution is 2.43. The standard InChI is InChI=1S/C30H36O/c1-20-8-10-23(11-9-20)24-12-13-29-25(16-24)17-26(27-14-15-31-19-22(27)3)18-30(29)28-7-5-4-6-21(28)2/h8-13,16-18,21-22,27-28H,4-7,14-15,19H2,1-3H3/t21-,22-,27?,28?/m0/s1. The lowest BCUT2D eigenvalue weighted by Gasteiger charge is -2.33. The average molecular weight is 413 g/mol. The van der Waals surface area contributed by atoms with Gasteiger partial charge < -0.3 is 4.74 Å². The molecule has 4 atom stereocenters. The first-order valence-corrected chi connectivity index (χ1v) is 12.3. The predicted molar refractivity (Wildman–Crippen MR) is 132 cm³/mol. The van der Waals surface area contributed by atoms with E-state index < -0.39 is 0 Å². The monoisotopic (exact) mass is 412 g/mol. The topological polar surface area (TPSA) is 9.23 Å². The van der Waals surface area contributed by atoms with E-state index in [1.54, 1.807) is 5.56 Å². The molecule has 3 aromatic carbocycles. The quantitative estimate of drug-likeness (QED) is 0.421. The van der Waals surface area contributed by atoms with E-state index in [4.69, 9.17) is 4.74 Å². The molecule has 0 N–H and O–H groups in total. The van der Waals surface area contributed by atoms with Crippen molar-refractivity contribution in [1.82, 2.24) is 0 Å². The van der Waals surface area contributed by atoms with Gasteiger partial charge in [0.15, 0.2) is 0 Å². The molecular formula is C30H36O. The molecule has 2 unspecified atom stereocenters. The lowest BCUT2D eigenvalue weighted by Crippen LogP contribution is -2.24. The Labute approximate surface area is 187 Å². The molecule has 0 bridgehead atoms. The molecule has 0 amide bonds. The summed E-state index contributed by atoms with van der Waals surface area (Å²) in [5.74, 6) is 2.66. The number of hydrogen-bond acceptors (Lipinski definition) is 1. The van der Waals surface area contributed by atoms with Gasteiger partial charge in [-0.1, -0.05) is 87.2 Å². The van der Waals surface area contributed by atoms with Crippen LogP contribution in [0.1, 0.15) is 74.5 Å². The lowest BCUT2D eigenvalue weighted by atomic mass is 9.73. The fraction of sp³-hybridized carbons (Fsp3) is 0.467. The van der Waals surface area contributed by atoms with E-state index in [0.717, 1.165) is 25.6 Å². The van der Waals surface area contributed by atoms with Gasteiger partial charge in [0.1, 0.15) is 0 Å². The van der Waals surface area contributed by atoms with Crippen LogP contribution in [0.15, 0.2) is 54.6 Å². The Bertz CT molecular complexity index is 1050. The van der Waals surface area contributed by atoms with Crippen molar-refractivity contribution in [2.45, 2.75) is 64.7 Å². The second kappa shape index (κ2) is 8.79. The maximum absolute atomic E-state index is 5.77. The van der Waals surface area contributed by atoms with E-state index in [9.17, 15) is 0 Å². The Morgan fingerprint density at radius 2 is 1.52 bits per heavy atom. The molecule has 31 heavy (non-hydrogen) atoms. The summed E-state index contributed by atoms with van der Waals surface area (Å²) >= 11 is 0. The largest absolute Gasteiger partial charge is 0.381 e. The summed E-state index contributed by atoms with van der Waals surface area (Å²) < 4.78 is 5.77. The van der Waals surface area contributed by atoms with Crippen LogP contribution >= 0.6 is 0 Å². The number of fused-ring (bicyclic) bond motifs is 1. The van der Waals surface area contributed by atoms with Gasteiger partial charge in [-0.05, 0) is 82.5 Å². The summed E-state index contributed by atoms with van der Waals surface area (Å²) in [6, 6.07) is 21.2. The van der Waals surface area contributed by atoms with Crippen LogP contribution < -0.4 is 0 Å². The molecule has 1 saturated heterocycles. The first-order chi connectivity index (χ1) is 15.1. The van der Waals surface area contributed by atoms with Crippen LogP contribution in [0, 0.1) is 18.8 Å². The summed E-state index contributed by atoms with van der Waals surface area (Å²) in [6.45, 7) is 8.77. The molecule has 2 aliphatic rings. The van der Waals surface area contributed by atoms with Crippen LogP contribution in [0.3, 0.4) is 0 Å². The minimum atomic E-state index is 0.586. The number of benzene rings is 3. The Hall–Kier alpha value is -2.12. The van der Waals surface area contributed by atoms with Crippen LogP contribution in [-0.2, 0) is 4.74 Å². The SMILES string of the molecule is Cc1ccc(-c2ccc3c(C4CCCC[C@@H]4C)cc(C4CCOC[C@@H]4C)cc3c2)cc1. The summed E-state index contributed by atoms with van der Waals surface area (Å²) in [5, 5.41) is 2.89. The van der Waals surface area contributed by atoms with Crippen LogP contribution in [0.2, 0.25) is 0 Å². The van der Waals surface area contributed by atoms with Gasteiger partial charge in [0.2, 0.25) is 0 Å². The van der Waals surface area contributed by atoms with Crippen molar-refractivity contribution in [1.29, 1.82) is 0 Å². The maximum atomic E-state index is 5.77. The molecule has 5 rings (SSSR count). The Balaban J connectivity index is 1.65. The zero-order valence-electron chi connectivity index (χ0n) is 19.4. The number of ether oxygens (including phenoxy) is 1. The molecule has 2 fully saturated rings. The Morgan fingerprint density at radius 1 is 0.742 bits per heavy atom. The molecule has 1 saturated carbocycles. The van der Waals surface area contributed by atoms with E-state index in [1.165, 1.54) is 58.7 Å². The van der Waals surface area contributed by atoms with Gasteiger partial charge in [0.25, 0.3) is 0 Å². The van der Waals surface area contributed by atoms with Crippen molar-refractivity contribution >= 4 is 10.8 Å². The first kappa shape index (κ1) is 20.8. The maximum Gasteiger partial charge on any atom is 0.0497 e. The highest BCUT2D eigenvalue weighted by molar-refractivity contribution is 5.91. The van der Waals surface area contributed by atoms with E-state index in [-0.39, 0.29) is 0 Å². The minimum absolute atomic E-state index is 0.586. The molecule has 0 spiro atoms. The molecule has 1 heteroatoms. The minimum Gasteiger partial charge on any atom is -0.381 e. The molecule has 0 aromatic heterocycles. The second-order valence-corrected chi connectivity index (χ2v) is 10.2. The summed E-state index contributed by atoms with van der Waals surface area (Å²) in [5.41, 5.74) is 7.09. The third-order valence-corrected chi connectivity index (χ3v) is 7.97. The van der Waals surface area contributed by atoms with Crippen molar-refractivity contribution in [3.63, 3.8) is 0 Å². The Morgan fingerprint density at radius 3 is 2.29 bits per heavy atom. The molecular weight excluding hydrogens is 376 g/mol. The first-order valence-electron chi connectivity index (χ1n) is 12.3. The van der Waals surface area contributed by atoms with Crippen molar-refractivity contribution in [3.05, 3.63) is 71.3 Å². The van der Waals surface area contributed by atoms with E-state index in [2.05, 4.69) is 75.4 Å². The predicted octanol–water partition coefficient (Wildman–Crippen LogP) is 8.25. The van der Waals surface area contributed by atoms with Crippen molar-refractivity contribution < 1.29 is 4.74 Å². The molecule has 1 aliphatic carbocycles. The fourth-order valence-electron chi connectivity index (χ4n) is 6.02. The summed E-state index contributed by atoms with van der Waals surface area (Å²) in [6.07, 6.45) is 6.61. The van der Waals surface area contributed by atoms with Crippen molar-refractivity contribution in [2.75, 3.05) is 13.2 Å². The molecule has 1 heterocycles. The van der Waals surface area contributed by atoms with E-state index in [1.807, 2.05) is 0 Å². The van der Waals surface area contributed by atoms with Gasteiger partial charge in [0, 0.05) is 13.2 Å². The number of aryl methyl sites for hydroxylation is 1. The van der Waals surface area contributed by atoms with Crippen LogP contribution in [0.4, 0.5) is 0 Å². The number of rotatable bonds is 3. The molecule has 1 nitrogen and oxygen atoms in total. The lowest BCUT2D eigenvalue weighted by molar-refractivity contribution is 0.0473. The third kappa shape index (κ3) is 4.17. The average Bonchev–Trinajstić information content (AvgIpc) is 2.79. The van der Waals surface area contributed by atoms with Crippen LogP contribution in [0.5, 0.6) is 0 Å². The van der Waals surface area contributed by atoms with Gasteiger partial charge in [-0.25, -0.2) is 0 Å². The smallest absolute Gasteiger partial charge is 0.0497 e. The van der Waals surface area contributed by atoms with Gasteiger partial charge in [-0.15, -0.1) is 0 Å². The van der Waals surface area contributed by atoms with E-state index in [0.29, 0.717) is 17.8 Å². The van der Waals surface area contributed by atoms with Gasteiger partial charge >= 0.3 is 0 Å². The van der Waals surface area contributed by atoms with Crippen LogP contribution in [-0.4, -0.2) is 13.2 Å². The zero-order valence-corrected chi connectivity index (χ0v) is 19.4. The zero-order chi connectivity index (χ0) is 21.4. The summed E-state index contributed by atoms with van der Waals surface area (Å²) in [4.78, 5) is 0. The van der Waals surface area contributed by atoms with Crippen molar-refractivity contribution in [2.24, 2.45) is 11.8 Å². The normalized spacial score (nSPS) is 26.8. The highest BCUT2D eigenvalue weighted by atomic mass is 16.5. The molecule has 3 aromatic rings. The molecule has 1 aliphatic heterocycles. The molecule has 0 radical (unpaired) electrons. The van der Waals surface area contributed by atoms with Gasteiger partial charge in [-0.2, -0.15) is 0 Å². The second-order valence-electron chi connectivity index (χ2n) is 10.2. The van der Waals surface area contributed by atoms with Gasteiger partial charge in [0.05, 0.1) is 0 Å². The Kier molecular flexibility index (Phi) is 5.89.